The Labute approximate surface area is 79.8 Å². The number of aromatic carboxylic acids is 2. The van der Waals surface area contributed by atoms with Crippen molar-refractivity contribution in [3.8, 4) is 0 Å². The Morgan fingerprint density at radius 3 is 2.07 bits per heavy atom. The van der Waals surface area contributed by atoms with Gasteiger partial charge in [-0.05, 0) is 24.6 Å². The molecule has 1 aromatic rings. The lowest BCUT2D eigenvalue weighted by molar-refractivity contribution is 0.0695. The van der Waals surface area contributed by atoms with Gasteiger partial charge in [-0.25, -0.2) is 9.59 Å². The molecule has 0 aliphatic rings. The van der Waals surface area contributed by atoms with Gasteiger partial charge in [-0.15, -0.1) is 0 Å². The second-order valence-electron chi connectivity index (χ2n) is 2.86. The summed E-state index contributed by atoms with van der Waals surface area (Å²) in [4.78, 5) is 21.3. The molecule has 0 saturated carbocycles. The van der Waals surface area contributed by atoms with Crippen molar-refractivity contribution in [2.24, 2.45) is 0 Å². The van der Waals surface area contributed by atoms with Gasteiger partial charge in [0.05, 0.1) is 11.1 Å². The largest absolute Gasteiger partial charge is 0.478 e. The maximum absolute atomic E-state index is 10.7. The highest BCUT2D eigenvalue weighted by Gasteiger charge is 2.14. The van der Waals surface area contributed by atoms with Crippen molar-refractivity contribution in [3.05, 3.63) is 28.8 Å². The van der Waals surface area contributed by atoms with Crippen LogP contribution in [0.15, 0.2) is 12.1 Å². The number of rotatable bonds is 2. The van der Waals surface area contributed by atoms with Crippen molar-refractivity contribution in [2.45, 2.75) is 6.92 Å². The van der Waals surface area contributed by atoms with E-state index in [1.54, 1.807) is 6.92 Å². The Kier molecular flexibility index (Phi) is 2.42. The Bertz CT molecular complexity index is 376. The highest BCUT2D eigenvalue weighted by atomic mass is 16.4. The van der Waals surface area contributed by atoms with Crippen molar-refractivity contribution >= 4 is 17.6 Å². The molecule has 0 aliphatic heterocycles. The van der Waals surface area contributed by atoms with Crippen molar-refractivity contribution in [1.29, 1.82) is 0 Å². The summed E-state index contributed by atoms with van der Waals surface area (Å²) in [6.45, 7) is 1.56. The van der Waals surface area contributed by atoms with Crippen LogP contribution in [0.4, 0.5) is 5.69 Å². The molecule has 0 fully saturated rings. The van der Waals surface area contributed by atoms with Crippen molar-refractivity contribution in [3.63, 3.8) is 0 Å². The summed E-state index contributed by atoms with van der Waals surface area (Å²) in [5, 5.41) is 17.4. The van der Waals surface area contributed by atoms with E-state index >= 15 is 0 Å². The van der Waals surface area contributed by atoms with E-state index in [4.69, 9.17) is 15.9 Å². The van der Waals surface area contributed by atoms with E-state index < -0.39 is 11.9 Å². The molecule has 0 saturated heterocycles. The fraction of sp³-hybridized carbons (Fsp3) is 0.111. The van der Waals surface area contributed by atoms with E-state index in [1.807, 2.05) is 0 Å². The Balaban J connectivity index is 3.42. The molecule has 74 valence electrons. The van der Waals surface area contributed by atoms with Crippen LogP contribution < -0.4 is 5.73 Å². The summed E-state index contributed by atoms with van der Waals surface area (Å²) >= 11 is 0. The van der Waals surface area contributed by atoms with Gasteiger partial charge in [0.1, 0.15) is 0 Å². The average Bonchev–Trinajstić information content (AvgIpc) is 2.02. The Morgan fingerprint density at radius 1 is 1.14 bits per heavy atom. The van der Waals surface area contributed by atoms with Gasteiger partial charge in [0.25, 0.3) is 0 Å². The smallest absolute Gasteiger partial charge is 0.337 e. The molecule has 0 aromatic heterocycles. The predicted octanol–water partition coefficient (Wildman–Crippen LogP) is 0.974. The van der Waals surface area contributed by atoms with Gasteiger partial charge in [-0.3, -0.25) is 0 Å². The van der Waals surface area contributed by atoms with Gasteiger partial charge in [0.15, 0.2) is 0 Å². The monoisotopic (exact) mass is 195 g/mol. The number of hydrogen-bond acceptors (Lipinski definition) is 3. The van der Waals surface area contributed by atoms with E-state index in [0.29, 0.717) is 5.56 Å². The molecule has 5 heteroatoms. The molecule has 0 spiro atoms. The minimum Gasteiger partial charge on any atom is -0.478 e. The third kappa shape index (κ3) is 1.66. The van der Waals surface area contributed by atoms with E-state index in [2.05, 4.69) is 0 Å². The van der Waals surface area contributed by atoms with Crippen LogP contribution in [0.3, 0.4) is 0 Å². The van der Waals surface area contributed by atoms with Gasteiger partial charge in [0.2, 0.25) is 0 Å². The van der Waals surface area contributed by atoms with E-state index in [0.717, 1.165) is 6.07 Å². The number of carboxylic acid groups (broad SMARTS) is 2. The normalized spacial score (nSPS) is 9.79. The minimum atomic E-state index is -1.23. The number of aryl methyl sites for hydroxylation is 1. The fourth-order valence-corrected chi connectivity index (χ4v) is 1.15. The second kappa shape index (κ2) is 3.37. The zero-order valence-electron chi connectivity index (χ0n) is 7.44. The molecule has 0 unspecified atom stereocenters. The molecule has 1 aromatic carbocycles. The first-order valence-electron chi connectivity index (χ1n) is 3.80. The van der Waals surface area contributed by atoms with Crippen LogP contribution in [0, 0.1) is 6.92 Å². The van der Waals surface area contributed by atoms with Crippen molar-refractivity contribution in [2.75, 3.05) is 5.73 Å². The standard InChI is InChI=1S/C9H9NO4/c1-4-2-7(10)6(9(13)14)3-5(4)8(11)12/h2-3H,10H2,1H3,(H,11,12)(H,13,14). The lowest BCUT2D eigenvalue weighted by atomic mass is 10.0. The number of carboxylic acids is 2. The first-order chi connectivity index (χ1) is 6.43. The zero-order chi connectivity index (χ0) is 10.9. The molecule has 5 nitrogen and oxygen atoms in total. The third-order valence-electron chi connectivity index (χ3n) is 1.86. The molecule has 0 radical (unpaired) electrons. The molecule has 0 atom stereocenters. The number of nitrogens with two attached hydrogens (primary N) is 1. The highest BCUT2D eigenvalue weighted by Crippen LogP contribution is 2.18. The summed E-state index contributed by atoms with van der Waals surface area (Å²) in [5.41, 5.74) is 5.70. The third-order valence-corrected chi connectivity index (χ3v) is 1.86. The molecule has 14 heavy (non-hydrogen) atoms. The Morgan fingerprint density at radius 2 is 1.64 bits per heavy atom. The van der Waals surface area contributed by atoms with Gasteiger partial charge in [-0.2, -0.15) is 0 Å². The van der Waals surface area contributed by atoms with Crippen LogP contribution in [0.25, 0.3) is 0 Å². The lowest BCUT2D eigenvalue weighted by Crippen LogP contribution is -2.08. The topological polar surface area (TPSA) is 101 Å². The maximum atomic E-state index is 10.7. The fourth-order valence-electron chi connectivity index (χ4n) is 1.15. The molecular weight excluding hydrogens is 186 g/mol. The summed E-state index contributed by atoms with van der Waals surface area (Å²) in [5.74, 6) is -2.39. The average molecular weight is 195 g/mol. The van der Waals surface area contributed by atoms with E-state index in [1.165, 1.54) is 6.07 Å². The molecule has 0 aliphatic carbocycles. The van der Waals surface area contributed by atoms with Crippen molar-refractivity contribution < 1.29 is 19.8 Å². The highest BCUT2D eigenvalue weighted by molar-refractivity contribution is 5.98. The molecule has 0 heterocycles. The number of carbonyl (C=O) groups is 2. The van der Waals surface area contributed by atoms with Crippen LogP contribution in [0.5, 0.6) is 0 Å². The molecule has 0 bridgehead atoms. The van der Waals surface area contributed by atoms with Gasteiger partial charge >= 0.3 is 11.9 Å². The first-order valence-corrected chi connectivity index (χ1v) is 3.80. The zero-order valence-corrected chi connectivity index (χ0v) is 7.44. The van der Waals surface area contributed by atoms with Gasteiger partial charge in [0, 0.05) is 5.69 Å². The summed E-state index contributed by atoms with van der Waals surface area (Å²) in [6.07, 6.45) is 0. The van der Waals surface area contributed by atoms with E-state index in [9.17, 15) is 9.59 Å². The summed E-state index contributed by atoms with van der Waals surface area (Å²) in [6, 6.07) is 2.41. The summed E-state index contributed by atoms with van der Waals surface area (Å²) < 4.78 is 0. The van der Waals surface area contributed by atoms with Crippen LogP contribution in [0.2, 0.25) is 0 Å². The van der Waals surface area contributed by atoms with Gasteiger partial charge < -0.3 is 15.9 Å². The number of hydrogen-bond donors (Lipinski definition) is 3. The maximum Gasteiger partial charge on any atom is 0.337 e. The number of nitrogen functional groups attached to an aromatic ring is 1. The number of anilines is 1. The SMILES string of the molecule is Cc1cc(N)c(C(=O)O)cc1C(=O)O. The van der Waals surface area contributed by atoms with E-state index in [-0.39, 0.29) is 16.8 Å². The van der Waals surface area contributed by atoms with Crippen LogP contribution >= 0.6 is 0 Å². The van der Waals surface area contributed by atoms with Crippen LogP contribution in [0.1, 0.15) is 26.3 Å². The predicted molar refractivity (Wildman–Crippen MR) is 49.5 cm³/mol. The molecule has 4 N–H and O–H groups in total. The lowest BCUT2D eigenvalue weighted by Gasteiger charge is -2.05. The second-order valence-corrected chi connectivity index (χ2v) is 2.86. The number of benzene rings is 1. The van der Waals surface area contributed by atoms with Crippen molar-refractivity contribution in [1.82, 2.24) is 0 Å². The van der Waals surface area contributed by atoms with Crippen LogP contribution in [-0.2, 0) is 0 Å². The quantitative estimate of drug-likeness (QED) is 0.610. The molecular formula is C9H9NO4. The first kappa shape index (κ1) is 10.0. The summed E-state index contributed by atoms with van der Waals surface area (Å²) in [7, 11) is 0. The van der Waals surface area contributed by atoms with Crippen LogP contribution in [-0.4, -0.2) is 22.2 Å². The molecule has 1 rings (SSSR count). The van der Waals surface area contributed by atoms with Gasteiger partial charge in [-0.1, -0.05) is 0 Å². The minimum absolute atomic E-state index is 0.0448. The molecule has 0 amide bonds. The Hall–Kier alpha value is -2.04.